The van der Waals surface area contributed by atoms with Gasteiger partial charge in [0, 0.05) is 11.1 Å². The average Bonchev–Trinajstić information content (AvgIpc) is 2.84. The van der Waals surface area contributed by atoms with E-state index in [0.717, 1.165) is 0 Å². The van der Waals surface area contributed by atoms with Crippen LogP contribution in [0.5, 0.6) is 28.7 Å². The summed E-state index contributed by atoms with van der Waals surface area (Å²) in [4.78, 5) is 36.7. The summed E-state index contributed by atoms with van der Waals surface area (Å²) >= 11 is 0. The molecule has 3 N–H and O–H groups in total. The first-order valence-electron chi connectivity index (χ1n) is 9.53. The molecule has 0 atom stereocenters. The second kappa shape index (κ2) is 10.2. The zero-order valence-electron chi connectivity index (χ0n) is 17.8. The van der Waals surface area contributed by atoms with Crippen molar-refractivity contribution in [2.45, 2.75) is 0 Å². The Kier molecular flexibility index (Phi) is 7.21. The van der Waals surface area contributed by atoms with Gasteiger partial charge in [0.15, 0.2) is 23.0 Å². The Hall–Kier alpha value is -4.15. The zero-order valence-corrected chi connectivity index (χ0v) is 17.8. The summed E-state index contributed by atoms with van der Waals surface area (Å²) in [7, 11) is 4.30. The summed E-state index contributed by atoms with van der Waals surface area (Å²) in [5, 5.41) is 2.45. The van der Waals surface area contributed by atoms with Crippen molar-refractivity contribution < 1.29 is 38.1 Å². The lowest BCUT2D eigenvalue weighted by molar-refractivity contribution is -0.120. The fraction of sp³-hybridized carbons (Fsp3) is 0.286. The molecule has 0 aromatic heterocycles. The molecule has 2 aromatic rings. The molecule has 0 saturated carbocycles. The first-order valence-corrected chi connectivity index (χ1v) is 9.53. The van der Waals surface area contributed by atoms with E-state index < -0.39 is 17.7 Å². The van der Waals surface area contributed by atoms with E-state index in [0.29, 0.717) is 42.0 Å². The highest BCUT2D eigenvalue weighted by Crippen LogP contribution is 2.38. The number of carbonyl (C=O) groups excluding carboxylic acids is 3. The monoisotopic (exact) mass is 445 g/mol. The molecule has 2 aromatic carbocycles. The third kappa shape index (κ3) is 5.12. The third-order valence-corrected chi connectivity index (χ3v) is 4.46. The molecule has 11 heteroatoms. The molecule has 0 unspecified atom stereocenters. The van der Waals surface area contributed by atoms with Gasteiger partial charge in [0.25, 0.3) is 17.7 Å². The van der Waals surface area contributed by atoms with Crippen LogP contribution < -0.4 is 39.9 Å². The Balaban J connectivity index is 1.53. The summed E-state index contributed by atoms with van der Waals surface area (Å²) in [5.41, 5.74) is 4.99. The Bertz CT molecular complexity index is 999. The SMILES string of the molecule is COc1cc(C(=O)NCC(=O)NNC(=O)c2ccc3c(c2)OCCO3)cc(OC)c1OC. The maximum Gasteiger partial charge on any atom is 0.269 e. The average molecular weight is 445 g/mol. The van der Waals surface area contributed by atoms with Gasteiger partial charge in [0.1, 0.15) is 13.2 Å². The van der Waals surface area contributed by atoms with Crippen LogP contribution in [0.2, 0.25) is 0 Å². The minimum absolute atomic E-state index is 0.201. The molecule has 170 valence electrons. The summed E-state index contributed by atoms with van der Waals surface area (Å²) < 4.78 is 26.5. The van der Waals surface area contributed by atoms with Gasteiger partial charge in [-0.15, -0.1) is 0 Å². The summed E-state index contributed by atoms with van der Waals surface area (Å²) in [6.45, 7) is 0.452. The number of carbonyl (C=O) groups is 3. The quantitative estimate of drug-likeness (QED) is 0.530. The highest BCUT2D eigenvalue weighted by atomic mass is 16.6. The number of hydrazine groups is 1. The number of hydrogen-bond donors (Lipinski definition) is 3. The van der Waals surface area contributed by atoms with Gasteiger partial charge in [0.05, 0.1) is 27.9 Å². The minimum atomic E-state index is -0.628. The fourth-order valence-corrected chi connectivity index (χ4v) is 2.90. The molecule has 0 radical (unpaired) electrons. The van der Waals surface area contributed by atoms with E-state index in [1.807, 2.05) is 0 Å². The van der Waals surface area contributed by atoms with Gasteiger partial charge in [-0.3, -0.25) is 25.2 Å². The van der Waals surface area contributed by atoms with Crippen molar-refractivity contribution in [1.82, 2.24) is 16.2 Å². The number of fused-ring (bicyclic) bond motifs is 1. The van der Waals surface area contributed by atoms with Crippen LogP contribution in [0.25, 0.3) is 0 Å². The van der Waals surface area contributed by atoms with Gasteiger partial charge < -0.3 is 29.0 Å². The van der Waals surface area contributed by atoms with Crippen molar-refractivity contribution in [3.63, 3.8) is 0 Å². The standard InChI is InChI=1S/C21H23N3O8/c1-28-16-9-13(10-17(29-2)19(16)30-3)20(26)22-11-18(25)23-24-21(27)12-4-5-14-15(8-12)32-7-6-31-14/h4-5,8-10H,6-7,11H2,1-3H3,(H,22,26)(H,23,25)(H,24,27). The van der Waals surface area contributed by atoms with Crippen molar-refractivity contribution in [3.8, 4) is 28.7 Å². The first-order chi connectivity index (χ1) is 15.5. The zero-order chi connectivity index (χ0) is 23.1. The van der Waals surface area contributed by atoms with E-state index >= 15 is 0 Å². The van der Waals surface area contributed by atoms with Crippen molar-refractivity contribution in [3.05, 3.63) is 41.5 Å². The van der Waals surface area contributed by atoms with Crippen LogP contribution >= 0.6 is 0 Å². The maximum atomic E-state index is 12.4. The molecule has 0 bridgehead atoms. The number of hydrogen-bond acceptors (Lipinski definition) is 8. The minimum Gasteiger partial charge on any atom is -0.493 e. The molecule has 3 rings (SSSR count). The van der Waals surface area contributed by atoms with E-state index in [1.54, 1.807) is 12.1 Å². The topological polar surface area (TPSA) is 133 Å². The highest BCUT2D eigenvalue weighted by molar-refractivity contribution is 5.99. The molecule has 1 aliphatic rings. The molecule has 0 spiro atoms. The molecule has 32 heavy (non-hydrogen) atoms. The van der Waals surface area contributed by atoms with Crippen molar-refractivity contribution >= 4 is 17.7 Å². The Labute approximate surface area is 183 Å². The Morgan fingerprint density at radius 1 is 0.812 bits per heavy atom. The molecular formula is C21H23N3O8. The largest absolute Gasteiger partial charge is 0.493 e. The van der Waals surface area contributed by atoms with Crippen LogP contribution in [0.1, 0.15) is 20.7 Å². The molecule has 11 nitrogen and oxygen atoms in total. The van der Waals surface area contributed by atoms with Crippen molar-refractivity contribution in [2.24, 2.45) is 0 Å². The molecule has 0 fully saturated rings. The lowest BCUT2D eigenvalue weighted by Crippen LogP contribution is -2.46. The Morgan fingerprint density at radius 2 is 1.47 bits per heavy atom. The van der Waals surface area contributed by atoms with Gasteiger partial charge in [-0.05, 0) is 30.3 Å². The summed E-state index contributed by atoms with van der Waals surface area (Å²) in [6, 6.07) is 7.59. The van der Waals surface area contributed by atoms with Gasteiger partial charge >= 0.3 is 0 Å². The summed E-state index contributed by atoms with van der Waals surface area (Å²) in [5.74, 6) is 0.215. The third-order valence-electron chi connectivity index (χ3n) is 4.46. The second-order valence-electron chi connectivity index (χ2n) is 6.46. The van der Waals surface area contributed by atoms with Gasteiger partial charge in [-0.1, -0.05) is 0 Å². The smallest absolute Gasteiger partial charge is 0.269 e. The van der Waals surface area contributed by atoms with Crippen LogP contribution in [0.3, 0.4) is 0 Å². The molecular weight excluding hydrogens is 422 g/mol. The molecule has 0 saturated heterocycles. The fourth-order valence-electron chi connectivity index (χ4n) is 2.90. The van der Waals surface area contributed by atoms with Crippen molar-refractivity contribution in [1.29, 1.82) is 0 Å². The normalized spacial score (nSPS) is 11.7. The predicted molar refractivity (Wildman–Crippen MR) is 111 cm³/mol. The van der Waals surface area contributed by atoms with Gasteiger partial charge in [0.2, 0.25) is 5.75 Å². The number of methoxy groups -OCH3 is 3. The molecule has 1 heterocycles. The lowest BCUT2D eigenvalue weighted by atomic mass is 10.1. The van der Waals surface area contributed by atoms with Crippen molar-refractivity contribution in [2.75, 3.05) is 41.1 Å². The van der Waals surface area contributed by atoms with E-state index in [-0.39, 0.29) is 17.7 Å². The first kappa shape index (κ1) is 22.5. The molecule has 0 aliphatic carbocycles. The number of rotatable bonds is 7. The molecule has 1 aliphatic heterocycles. The highest BCUT2D eigenvalue weighted by Gasteiger charge is 2.18. The van der Waals surface area contributed by atoms with Crippen LogP contribution in [-0.4, -0.2) is 58.8 Å². The van der Waals surface area contributed by atoms with Gasteiger partial charge in [-0.25, -0.2) is 0 Å². The van der Waals surface area contributed by atoms with Crippen LogP contribution in [-0.2, 0) is 4.79 Å². The second-order valence-corrected chi connectivity index (χ2v) is 6.46. The van der Waals surface area contributed by atoms with E-state index in [9.17, 15) is 14.4 Å². The number of ether oxygens (including phenoxy) is 5. The van der Waals surface area contributed by atoms with E-state index in [1.165, 1.54) is 39.5 Å². The lowest BCUT2D eigenvalue weighted by Gasteiger charge is -2.18. The van der Waals surface area contributed by atoms with Crippen LogP contribution in [0, 0.1) is 0 Å². The van der Waals surface area contributed by atoms with Gasteiger partial charge in [-0.2, -0.15) is 0 Å². The van der Waals surface area contributed by atoms with E-state index in [2.05, 4.69) is 16.2 Å². The van der Waals surface area contributed by atoms with Crippen LogP contribution in [0.4, 0.5) is 0 Å². The van der Waals surface area contributed by atoms with Crippen LogP contribution in [0.15, 0.2) is 30.3 Å². The number of amides is 3. The number of benzene rings is 2. The maximum absolute atomic E-state index is 12.4. The summed E-state index contributed by atoms with van der Waals surface area (Å²) in [6.07, 6.45) is 0. The predicted octanol–water partition coefficient (Wildman–Crippen LogP) is 0.675. The Morgan fingerprint density at radius 3 is 2.09 bits per heavy atom. The van der Waals surface area contributed by atoms with E-state index in [4.69, 9.17) is 23.7 Å². The molecule has 3 amide bonds. The number of nitrogens with one attached hydrogen (secondary N) is 3.